The molecule has 4 atom stereocenters. The van der Waals surface area contributed by atoms with Crippen LogP contribution in [0, 0.1) is 13.8 Å². The van der Waals surface area contributed by atoms with Gasteiger partial charge < -0.3 is 19.9 Å². The molecule has 3 rings (SSSR count). The van der Waals surface area contributed by atoms with Crippen LogP contribution in [0.15, 0.2) is 18.2 Å². The van der Waals surface area contributed by atoms with Gasteiger partial charge in [0.2, 0.25) is 0 Å². The lowest BCUT2D eigenvalue weighted by Crippen LogP contribution is -2.42. The van der Waals surface area contributed by atoms with Crippen LogP contribution in [0.25, 0.3) is 0 Å². The number of fused-ring (bicyclic) bond motifs is 2. The van der Waals surface area contributed by atoms with Crippen LogP contribution in [0.2, 0.25) is 0 Å². The van der Waals surface area contributed by atoms with Crippen molar-refractivity contribution in [1.82, 2.24) is 5.32 Å². The summed E-state index contributed by atoms with van der Waals surface area (Å²) in [5.74, 6) is 0.889. The van der Waals surface area contributed by atoms with E-state index in [0.29, 0.717) is 31.4 Å². The summed E-state index contributed by atoms with van der Waals surface area (Å²) in [5, 5.41) is 13.5. The number of para-hydroxylation sites is 1. The molecular formula is C17H25NO3. The Morgan fingerprint density at radius 2 is 2.10 bits per heavy atom. The molecule has 4 nitrogen and oxygen atoms in total. The lowest BCUT2D eigenvalue weighted by atomic mass is 9.95. The molecular weight excluding hydrogens is 266 g/mol. The van der Waals surface area contributed by atoms with Crippen LogP contribution in [0.4, 0.5) is 0 Å². The maximum atomic E-state index is 10.1. The lowest BCUT2D eigenvalue weighted by molar-refractivity contribution is 0.0851. The van der Waals surface area contributed by atoms with E-state index in [1.807, 2.05) is 32.0 Å². The number of benzene rings is 1. The highest BCUT2D eigenvalue weighted by molar-refractivity contribution is 5.39. The number of aliphatic hydroxyl groups is 1. The Morgan fingerprint density at radius 3 is 2.71 bits per heavy atom. The van der Waals surface area contributed by atoms with Gasteiger partial charge >= 0.3 is 0 Å². The van der Waals surface area contributed by atoms with Crippen molar-refractivity contribution in [2.75, 3.05) is 13.2 Å². The third kappa shape index (κ3) is 3.39. The average molecular weight is 291 g/mol. The summed E-state index contributed by atoms with van der Waals surface area (Å²) >= 11 is 0. The van der Waals surface area contributed by atoms with Gasteiger partial charge in [0.05, 0.1) is 12.2 Å². The molecule has 0 amide bonds. The number of hydrogen-bond acceptors (Lipinski definition) is 4. The molecule has 4 unspecified atom stereocenters. The predicted molar refractivity (Wildman–Crippen MR) is 81.7 cm³/mol. The van der Waals surface area contributed by atoms with Gasteiger partial charge in [0.15, 0.2) is 0 Å². The molecule has 2 fully saturated rings. The van der Waals surface area contributed by atoms with Crippen LogP contribution < -0.4 is 10.1 Å². The van der Waals surface area contributed by atoms with E-state index < -0.39 is 6.10 Å². The van der Waals surface area contributed by atoms with Gasteiger partial charge in [0, 0.05) is 12.6 Å². The first kappa shape index (κ1) is 14.8. The first-order valence-electron chi connectivity index (χ1n) is 7.89. The van der Waals surface area contributed by atoms with Crippen LogP contribution in [0.1, 0.15) is 30.4 Å². The van der Waals surface area contributed by atoms with E-state index >= 15 is 0 Å². The van der Waals surface area contributed by atoms with Crippen LogP contribution in [-0.4, -0.2) is 42.6 Å². The molecule has 0 radical (unpaired) electrons. The molecule has 4 heteroatoms. The van der Waals surface area contributed by atoms with E-state index in [9.17, 15) is 5.11 Å². The predicted octanol–water partition coefficient (Wildman–Crippen LogP) is 1.95. The van der Waals surface area contributed by atoms with E-state index in [1.165, 1.54) is 6.42 Å². The summed E-state index contributed by atoms with van der Waals surface area (Å²) in [7, 11) is 0. The van der Waals surface area contributed by atoms with Gasteiger partial charge in [0.1, 0.15) is 18.5 Å². The number of nitrogens with one attached hydrogen (secondary N) is 1. The van der Waals surface area contributed by atoms with Crippen molar-refractivity contribution in [3.63, 3.8) is 0 Å². The van der Waals surface area contributed by atoms with Gasteiger partial charge in [-0.15, -0.1) is 0 Å². The Morgan fingerprint density at radius 1 is 1.33 bits per heavy atom. The van der Waals surface area contributed by atoms with Crippen molar-refractivity contribution in [2.24, 2.45) is 0 Å². The number of rotatable bonds is 6. The highest BCUT2D eigenvalue weighted by atomic mass is 16.5. The number of ether oxygens (including phenoxy) is 2. The van der Waals surface area contributed by atoms with Gasteiger partial charge in [-0.3, -0.25) is 0 Å². The van der Waals surface area contributed by atoms with Crippen molar-refractivity contribution < 1.29 is 14.6 Å². The summed E-state index contributed by atoms with van der Waals surface area (Å²) in [6, 6.07) is 6.47. The Kier molecular flexibility index (Phi) is 4.48. The molecule has 1 aromatic carbocycles. The Bertz CT molecular complexity index is 471. The third-order valence-electron chi connectivity index (χ3n) is 4.55. The number of aliphatic hydroxyl groups excluding tert-OH is 1. The molecule has 2 saturated heterocycles. The van der Waals surface area contributed by atoms with E-state index in [1.54, 1.807) is 0 Å². The highest BCUT2D eigenvalue weighted by Gasteiger charge is 2.40. The maximum Gasteiger partial charge on any atom is 0.125 e. The van der Waals surface area contributed by atoms with Gasteiger partial charge in [-0.2, -0.15) is 0 Å². The van der Waals surface area contributed by atoms with Crippen molar-refractivity contribution in [1.29, 1.82) is 0 Å². The fourth-order valence-electron chi connectivity index (χ4n) is 3.41. The second kappa shape index (κ2) is 6.34. The molecule has 0 saturated carbocycles. The minimum Gasteiger partial charge on any atom is -0.490 e. The van der Waals surface area contributed by atoms with Gasteiger partial charge in [-0.1, -0.05) is 18.2 Å². The molecule has 2 aliphatic heterocycles. The highest BCUT2D eigenvalue weighted by Crippen LogP contribution is 2.34. The Labute approximate surface area is 126 Å². The molecule has 2 heterocycles. The van der Waals surface area contributed by atoms with E-state index in [2.05, 4.69) is 5.32 Å². The van der Waals surface area contributed by atoms with Crippen LogP contribution in [-0.2, 0) is 4.74 Å². The summed E-state index contributed by atoms with van der Waals surface area (Å²) in [5.41, 5.74) is 2.22. The molecule has 116 valence electrons. The van der Waals surface area contributed by atoms with Gasteiger partial charge in [0.25, 0.3) is 0 Å². The molecule has 1 aromatic rings. The third-order valence-corrected chi connectivity index (χ3v) is 4.55. The molecule has 21 heavy (non-hydrogen) atoms. The first-order chi connectivity index (χ1) is 10.1. The summed E-state index contributed by atoms with van der Waals surface area (Å²) < 4.78 is 11.6. The number of aryl methyl sites for hydroxylation is 2. The smallest absolute Gasteiger partial charge is 0.125 e. The van der Waals surface area contributed by atoms with Crippen LogP contribution in [0.3, 0.4) is 0 Å². The number of hydrogen-bond donors (Lipinski definition) is 2. The van der Waals surface area contributed by atoms with Gasteiger partial charge in [-0.05, 0) is 44.2 Å². The minimum absolute atomic E-state index is 0.320. The topological polar surface area (TPSA) is 50.7 Å². The minimum atomic E-state index is -0.497. The normalized spacial score (nSPS) is 28.8. The molecule has 2 N–H and O–H groups in total. The summed E-state index contributed by atoms with van der Waals surface area (Å²) in [6.07, 6.45) is 3.72. The van der Waals surface area contributed by atoms with Crippen molar-refractivity contribution in [3.05, 3.63) is 29.3 Å². The van der Waals surface area contributed by atoms with E-state index in [-0.39, 0.29) is 0 Å². The molecule has 2 bridgehead atoms. The standard InChI is InChI=1S/C17H25NO3/c1-11-4-3-5-12(2)17(11)20-10-13(19)9-18-15-8-14-6-7-16(15)21-14/h3-5,13-16,18-19H,6-10H2,1-2H3. The second-order valence-electron chi connectivity index (χ2n) is 6.31. The molecule has 0 aliphatic carbocycles. The van der Waals surface area contributed by atoms with E-state index in [4.69, 9.17) is 9.47 Å². The SMILES string of the molecule is Cc1cccc(C)c1OCC(O)CNC1CC2CCC1O2. The van der Waals surface area contributed by atoms with Crippen LogP contribution >= 0.6 is 0 Å². The van der Waals surface area contributed by atoms with Crippen LogP contribution in [0.5, 0.6) is 5.75 Å². The quantitative estimate of drug-likeness (QED) is 0.841. The van der Waals surface area contributed by atoms with Crippen molar-refractivity contribution in [2.45, 2.75) is 57.5 Å². The summed E-state index contributed by atoms with van der Waals surface area (Å²) in [6.45, 7) is 4.93. The maximum absolute atomic E-state index is 10.1. The average Bonchev–Trinajstić information content (AvgIpc) is 3.07. The largest absolute Gasteiger partial charge is 0.490 e. The summed E-state index contributed by atoms with van der Waals surface area (Å²) in [4.78, 5) is 0. The lowest BCUT2D eigenvalue weighted by Gasteiger charge is -2.22. The Balaban J connectivity index is 1.43. The zero-order valence-electron chi connectivity index (χ0n) is 12.8. The van der Waals surface area contributed by atoms with Gasteiger partial charge in [-0.25, -0.2) is 0 Å². The van der Waals surface area contributed by atoms with E-state index in [0.717, 1.165) is 29.7 Å². The zero-order chi connectivity index (χ0) is 14.8. The molecule has 0 spiro atoms. The molecule has 2 aliphatic rings. The molecule has 0 aromatic heterocycles. The fourth-order valence-corrected chi connectivity index (χ4v) is 3.41. The zero-order valence-corrected chi connectivity index (χ0v) is 12.8. The van der Waals surface area contributed by atoms with Crippen molar-refractivity contribution >= 4 is 0 Å². The first-order valence-corrected chi connectivity index (χ1v) is 7.89. The second-order valence-corrected chi connectivity index (χ2v) is 6.31. The Hall–Kier alpha value is -1.10. The fraction of sp³-hybridized carbons (Fsp3) is 0.647. The monoisotopic (exact) mass is 291 g/mol. The van der Waals surface area contributed by atoms with Crippen molar-refractivity contribution in [3.8, 4) is 5.75 Å².